The van der Waals surface area contributed by atoms with E-state index in [9.17, 15) is 4.79 Å². The van der Waals surface area contributed by atoms with Crippen LogP contribution in [0.4, 0.5) is 0 Å². The maximum absolute atomic E-state index is 11.2. The van der Waals surface area contributed by atoms with Crippen LogP contribution in [-0.4, -0.2) is 50.6 Å². The van der Waals surface area contributed by atoms with Crippen LogP contribution in [-0.2, 0) is 11.3 Å². The number of nitrogens with two attached hydrogens (primary N) is 1. The van der Waals surface area contributed by atoms with Gasteiger partial charge in [0.2, 0.25) is 5.91 Å². The largest absolute Gasteiger partial charge is 0.493 e. The Labute approximate surface area is 161 Å². The Morgan fingerprint density at radius 2 is 2.22 bits per heavy atom. The van der Waals surface area contributed by atoms with Crippen LogP contribution in [0.25, 0.3) is 0 Å². The first-order valence-corrected chi connectivity index (χ1v) is 9.61. The lowest BCUT2D eigenvalue weighted by Crippen LogP contribution is -2.46. The Kier molecular flexibility index (Phi) is 8.23. The van der Waals surface area contributed by atoms with Crippen LogP contribution in [0.2, 0.25) is 0 Å². The molecule has 1 aromatic carbocycles. The van der Waals surface area contributed by atoms with Gasteiger partial charge in [-0.25, -0.2) is 0 Å². The summed E-state index contributed by atoms with van der Waals surface area (Å²) in [6, 6.07) is 5.95. The van der Waals surface area contributed by atoms with Gasteiger partial charge in [0.15, 0.2) is 17.5 Å². The molecule has 1 unspecified atom stereocenters. The van der Waals surface area contributed by atoms with Gasteiger partial charge in [0.25, 0.3) is 0 Å². The summed E-state index contributed by atoms with van der Waals surface area (Å²) in [5.74, 6) is 2.40. The van der Waals surface area contributed by atoms with Crippen LogP contribution in [0, 0.1) is 5.92 Å². The first-order valence-electron chi connectivity index (χ1n) is 9.61. The molecular weight excluding hydrogens is 344 g/mol. The van der Waals surface area contributed by atoms with E-state index in [4.69, 9.17) is 15.2 Å². The molecule has 1 amide bonds. The molecular formula is C20H32N4O3. The minimum Gasteiger partial charge on any atom is -0.493 e. The van der Waals surface area contributed by atoms with Crippen molar-refractivity contribution in [1.82, 2.24) is 10.2 Å². The summed E-state index contributed by atoms with van der Waals surface area (Å²) >= 11 is 0. The Morgan fingerprint density at radius 3 is 2.89 bits per heavy atom. The van der Waals surface area contributed by atoms with Crippen LogP contribution < -0.4 is 20.5 Å². The molecule has 1 fully saturated rings. The molecule has 3 N–H and O–H groups in total. The van der Waals surface area contributed by atoms with Gasteiger partial charge in [-0.2, -0.15) is 0 Å². The predicted octanol–water partition coefficient (Wildman–Crippen LogP) is 2.15. The molecule has 0 aromatic heterocycles. The van der Waals surface area contributed by atoms with Gasteiger partial charge in [0.05, 0.1) is 13.7 Å². The number of primary amides is 1. The number of amides is 1. The molecule has 1 aromatic rings. The zero-order chi connectivity index (χ0) is 19.6. The molecule has 1 aliphatic heterocycles. The molecule has 150 valence electrons. The van der Waals surface area contributed by atoms with E-state index in [2.05, 4.69) is 22.1 Å². The van der Waals surface area contributed by atoms with Gasteiger partial charge in [-0.1, -0.05) is 13.0 Å². The molecule has 0 spiro atoms. The van der Waals surface area contributed by atoms with E-state index in [1.807, 2.05) is 18.2 Å². The number of methoxy groups -OCH3 is 1. The Balaban J connectivity index is 1.96. The zero-order valence-electron chi connectivity index (χ0n) is 16.7. The lowest BCUT2D eigenvalue weighted by Gasteiger charge is -2.34. The van der Waals surface area contributed by atoms with Crippen LogP contribution in [0.5, 0.6) is 11.5 Å². The van der Waals surface area contributed by atoms with Crippen molar-refractivity contribution in [3.63, 3.8) is 0 Å². The number of benzene rings is 1. The topological polar surface area (TPSA) is 89.2 Å². The normalized spacial score (nSPS) is 17.5. The van der Waals surface area contributed by atoms with Crippen molar-refractivity contribution in [2.75, 3.05) is 33.9 Å². The average Bonchev–Trinajstić information content (AvgIpc) is 2.67. The van der Waals surface area contributed by atoms with Crippen molar-refractivity contribution in [1.29, 1.82) is 0 Å². The average molecular weight is 377 g/mol. The van der Waals surface area contributed by atoms with Gasteiger partial charge in [-0.3, -0.25) is 9.79 Å². The molecule has 7 heteroatoms. The van der Waals surface area contributed by atoms with Gasteiger partial charge in [0.1, 0.15) is 0 Å². The molecule has 0 bridgehead atoms. The summed E-state index contributed by atoms with van der Waals surface area (Å²) in [5.41, 5.74) is 6.44. The van der Waals surface area contributed by atoms with Gasteiger partial charge in [-0.15, -0.1) is 0 Å². The third kappa shape index (κ3) is 6.34. The molecule has 27 heavy (non-hydrogen) atoms. The molecule has 1 saturated heterocycles. The molecule has 2 rings (SSSR count). The Bertz CT molecular complexity index is 648. The fourth-order valence-corrected chi connectivity index (χ4v) is 3.38. The maximum Gasteiger partial charge on any atom is 0.217 e. The second kappa shape index (κ2) is 10.6. The molecule has 1 atom stereocenters. The summed E-state index contributed by atoms with van der Waals surface area (Å²) in [6.07, 6.45) is 3.46. The maximum atomic E-state index is 11.2. The number of aliphatic imine (C=N–C) groups is 1. The van der Waals surface area contributed by atoms with E-state index in [-0.39, 0.29) is 5.91 Å². The third-order valence-electron chi connectivity index (χ3n) is 4.66. The highest BCUT2D eigenvalue weighted by Gasteiger charge is 2.23. The minimum atomic E-state index is -0.234. The number of carbonyl (C=O) groups is 1. The zero-order valence-corrected chi connectivity index (χ0v) is 16.7. The fraction of sp³-hybridized carbons (Fsp3) is 0.600. The van der Waals surface area contributed by atoms with E-state index >= 15 is 0 Å². The second-order valence-electron chi connectivity index (χ2n) is 6.86. The standard InChI is InChI=1S/C20H32N4O3/c1-4-10-27-17-8-7-15(11-18(17)26-3)13-23-20(22-2)24-9-5-6-16(14-24)12-19(21)25/h7-8,11,16H,4-6,9-10,12-14H2,1-3H3,(H2,21,25)(H,22,23). The van der Waals surface area contributed by atoms with Crippen molar-refractivity contribution in [3.8, 4) is 11.5 Å². The number of likely N-dealkylation sites (tertiary alicyclic amines) is 1. The van der Waals surface area contributed by atoms with Crippen molar-refractivity contribution in [2.24, 2.45) is 16.6 Å². The molecule has 0 saturated carbocycles. The number of piperidine rings is 1. The van der Waals surface area contributed by atoms with Crippen LogP contribution in [0.3, 0.4) is 0 Å². The van der Waals surface area contributed by atoms with Crippen LogP contribution in [0.1, 0.15) is 38.2 Å². The SMILES string of the molecule is CCCOc1ccc(CNC(=NC)N2CCCC(CC(N)=O)C2)cc1OC. The number of rotatable bonds is 8. The number of nitrogens with one attached hydrogen (secondary N) is 1. The summed E-state index contributed by atoms with van der Waals surface area (Å²) in [4.78, 5) is 17.8. The van der Waals surface area contributed by atoms with Gasteiger partial charge >= 0.3 is 0 Å². The molecule has 7 nitrogen and oxygen atoms in total. The summed E-state index contributed by atoms with van der Waals surface area (Å²) in [7, 11) is 3.43. The van der Waals surface area contributed by atoms with E-state index in [0.717, 1.165) is 55.4 Å². The van der Waals surface area contributed by atoms with Gasteiger partial charge < -0.3 is 25.4 Å². The van der Waals surface area contributed by atoms with E-state index in [0.29, 0.717) is 25.5 Å². The minimum absolute atomic E-state index is 0.234. The van der Waals surface area contributed by atoms with Crippen LogP contribution >= 0.6 is 0 Å². The summed E-state index contributed by atoms with van der Waals surface area (Å²) < 4.78 is 11.1. The monoisotopic (exact) mass is 376 g/mol. The number of hydrogen-bond acceptors (Lipinski definition) is 4. The molecule has 0 radical (unpaired) electrons. The summed E-state index contributed by atoms with van der Waals surface area (Å²) in [6.45, 7) is 5.11. The van der Waals surface area contributed by atoms with Crippen molar-refractivity contribution in [3.05, 3.63) is 23.8 Å². The van der Waals surface area contributed by atoms with Crippen molar-refractivity contribution in [2.45, 2.75) is 39.2 Å². The smallest absolute Gasteiger partial charge is 0.217 e. The number of guanidine groups is 1. The quantitative estimate of drug-likeness (QED) is 0.536. The molecule has 1 aliphatic rings. The van der Waals surface area contributed by atoms with E-state index in [1.165, 1.54) is 0 Å². The van der Waals surface area contributed by atoms with Crippen molar-refractivity contribution < 1.29 is 14.3 Å². The van der Waals surface area contributed by atoms with Gasteiger partial charge in [-0.05, 0) is 42.9 Å². The number of carbonyl (C=O) groups excluding carboxylic acids is 1. The predicted molar refractivity (Wildman–Crippen MR) is 107 cm³/mol. The number of hydrogen-bond donors (Lipinski definition) is 2. The first kappa shape index (κ1) is 20.9. The highest BCUT2D eigenvalue weighted by molar-refractivity contribution is 5.80. The lowest BCUT2D eigenvalue weighted by molar-refractivity contribution is -0.119. The Morgan fingerprint density at radius 1 is 1.41 bits per heavy atom. The summed E-state index contributed by atoms with van der Waals surface area (Å²) in [5, 5.41) is 3.41. The highest BCUT2D eigenvalue weighted by Crippen LogP contribution is 2.28. The number of ether oxygens (including phenoxy) is 2. The second-order valence-corrected chi connectivity index (χ2v) is 6.86. The Hall–Kier alpha value is -2.44. The number of nitrogens with zero attached hydrogens (tertiary/aromatic N) is 2. The fourth-order valence-electron chi connectivity index (χ4n) is 3.38. The highest BCUT2D eigenvalue weighted by atomic mass is 16.5. The van der Waals surface area contributed by atoms with Crippen LogP contribution in [0.15, 0.2) is 23.2 Å². The first-order chi connectivity index (χ1) is 13.1. The molecule has 1 heterocycles. The van der Waals surface area contributed by atoms with E-state index in [1.54, 1.807) is 14.2 Å². The van der Waals surface area contributed by atoms with Gasteiger partial charge in [0, 0.05) is 33.1 Å². The molecule has 0 aliphatic carbocycles. The van der Waals surface area contributed by atoms with E-state index < -0.39 is 0 Å². The van der Waals surface area contributed by atoms with Crippen molar-refractivity contribution >= 4 is 11.9 Å². The lowest BCUT2D eigenvalue weighted by atomic mass is 9.95. The third-order valence-corrected chi connectivity index (χ3v) is 4.66.